The molecular formula is C8H10N2. The molecule has 0 aliphatic carbocycles. The normalized spacial score (nSPS) is 22.6. The molecule has 1 heterocycles. The van der Waals surface area contributed by atoms with E-state index in [0.717, 1.165) is 13.2 Å². The maximum absolute atomic E-state index is 3.12. The van der Waals surface area contributed by atoms with Crippen LogP contribution in [-0.2, 0) is 6.54 Å². The molecule has 0 bridgehead atoms. The largest absolute Gasteiger partial charge is 0.238 e. The van der Waals surface area contributed by atoms with Crippen molar-refractivity contribution in [2.45, 2.75) is 6.54 Å². The molecule has 1 saturated heterocycles. The van der Waals surface area contributed by atoms with Crippen LogP contribution in [0.3, 0.4) is 0 Å². The number of hydrogen-bond acceptors (Lipinski definition) is 2. The highest BCUT2D eigenvalue weighted by atomic mass is 15.7. The van der Waals surface area contributed by atoms with Crippen molar-refractivity contribution in [1.29, 1.82) is 0 Å². The summed E-state index contributed by atoms with van der Waals surface area (Å²) in [6.45, 7) is 2.07. The zero-order valence-corrected chi connectivity index (χ0v) is 5.75. The van der Waals surface area contributed by atoms with E-state index >= 15 is 0 Å². The first-order valence-corrected chi connectivity index (χ1v) is 3.47. The predicted molar refractivity (Wildman–Crippen MR) is 40.0 cm³/mol. The Kier molecular flexibility index (Phi) is 1.42. The lowest BCUT2D eigenvalue weighted by atomic mass is 10.2. The molecule has 52 valence electrons. The van der Waals surface area contributed by atoms with E-state index in [0.29, 0.717) is 0 Å². The molecule has 1 N–H and O–H groups in total. The van der Waals surface area contributed by atoms with Crippen LogP contribution in [0.5, 0.6) is 0 Å². The molecule has 1 fully saturated rings. The summed E-state index contributed by atoms with van der Waals surface area (Å²) in [6, 6.07) is 10.5. The van der Waals surface area contributed by atoms with E-state index in [1.807, 2.05) is 6.07 Å². The molecule has 1 aromatic rings. The lowest BCUT2D eigenvalue weighted by Crippen LogP contribution is -1.99. The van der Waals surface area contributed by atoms with Crippen molar-refractivity contribution >= 4 is 0 Å². The Labute approximate surface area is 60.4 Å². The zero-order valence-electron chi connectivity index (χ0n) is 5.75. The van der Waals surface area contributed by atoms with Crippen molar-refractivity contribution in [2.24, 2.45) is 0 Å². The Balaban J connectivity index is 2.03. The molecule has 1 atom stereocenters. The Bertz CT molecular complexity index is 204. The van der Waals surface area contributed by atoms with Gasteiger partial charge in [-0.3, -0.25) is 0 Å². The minimum absolute atomic E-state index is 1.03. The van der Waals surface area contributed by atoms with Crippen LogP contribution in [-0.4, -0.2) is 11.7 Å². The van der Waals surface area contributed by atoms with Crippen LogP contribution in [0.15, 0.2) is 30.3 Å². The average Bonchev–Trinajstić information content (AvgIpc) is 2.74. The van der Waals surface area contributed by atoms with E-state index in [9.17, 15) is 0 Å². The van der Waals surface area contributed by atoms with Crippen molar-refractivity contribution < 1.29 is 0 Å². The van der Waals surface area contributed by atoms with Crippen molar-refractivity contribution in [2.75, 3.05) is 6.67 Å². The fourth-order valence-electron chi connectivity index (χ4n) is 0.966. The van der Waals surface area contributed by atoms with Crippen LogP contribution >= 0.6 is 0 Å². The van der Waals surface area contributed by atoms with Gasteiger partial charge in [0.2, 0.25) is 0 Å². The van der Waals surface area contributed by atoms with Crippen molar-refractivity contribution in [3.05, 3.63) is 35.9 Å². The summed E-state index contributed by atoms with van der Waals surface area (Å²) in [4.78, 5) is 0. The SMILES string of the molecule is c1ccc(CN2CN2)cc1. The van der Waals surface area contributed by atoms with Gasteiger partial charge >= 0.3 is 0 Å². The van der Waals surface area contributed by atoms with Crippen LogP contribution in [0.1, 0.15) is 5.56 Å². The summed E-state index contributed by atoms with van der Waals surface area (Å²) in [7, 11) is 0. The Morgan fingerprint density at radius 3 is 2.60 bits per heavy atom. The van der Waals surface area contributed by atoms with Crippen LogP contribution in [0.2, 0.25) is 0 Å². The molecule has 2 heteroatoms. The first-order chi connectivity index (χ1) is 4.95. The maximum Gasteiger partial charge on any atom is 0.0758 e. The van der Waals surface area contributed by atoms with Crippen molar-refractivity contribution in [3.63, 3.8) is 0 Å². The molecule has 1 aliphatic heterocycles. The van der Waals surface area contributed by atoms with Gasteiger partial charge in [-0.15, -0.1) is 0 Å². The Hall–Kier alpha value is -0.860. The molecule has 10 heavy (non-hydrogen) atoms. The van der Waals surface area contributed by atoms with Crippen LogP contribution in [0, 0.1) is 0 Å². The highest BCUT2D eigenvalue weighted by Crippen LogP contribution is 2.05. The van der Waals surface area contributed by atoms with Crippen LogP contribution < -0.4 is 5.43 Å². The van der Waals surface area contributed by atoms with Crippen LogP contribution in [0.25, 0.3) is 0 Å². The number of hydrazine groups is 1. The standard InChI is InChI=1S/C8H10N2/c1-2-4-8(5-3-1)6-10-7-9-10/h1-5,9H,6-7H2. The fraction of sp³-hybridized carbons (Fsp3) is 0.250. The van der Waals surface area contributed by atoms with Crippen LogP contribution in [0.4, 0.5) is 0 Å². The summed E-state index contributed by atoms with van der Waals surface area (Å²) in [5.74, 6) is 0. The first-order valence-electron chi connectivity index (χ1n) is 3.47. The monoisotopic (exact) mass is 134 g/mol. The molecule has 1 aromatic carbocycles. The highest BCUT2D eigenvalue weighted by Gasteiger charge is 2.14. The zero-order chi connectivity index (χ0) is 6.81. The van der Waals surface area contributed by atoms with Gasteiger partial charge in [-0.2, -0.15) is 0 Å². The quantitative estimate of drug-likeness (QED) is 0.609. The second-order valence-corrected chi connectivity index (χ2v) is 2.50. The highest BCUT2D eigenvalue weighted by molar-refractivity contribution is 5.14. The van der Waals surface area contributed by atoms with Gasteiger partial charge in [0.1, 0.15) is 0 Å². The third-order valence-electron chi connectivity index (χ3n) is 1.60. The molecule has 0 spiro atoms. The molecule has 1 aliphatic rings. The van der Waals surface area contributed by atoms with Gasteiger partial charge in [0, 0.05) is 6.54 Å². The first kappa shape index (κ1) is 5.89. The molecule has 2 rings (SSSR count). The lowest BCUT2D eigenvalue weighted by Gasteiger charge is -1.97. The van der Waals surface area contributed by atoms with Crippen molar-refractivity contribution in [1.82, 2.24) is 10.4 Å². The van der Waals surface area contributed by atoms with E-state index in [1.54, 1.807) is 0 Å². The smallest absolute Gasteiger partial charge is 0.0758 e. The molecule has 2 nitrogen and oxygen atoms in total. The third kappa shape index (κ3) is 1.35. The van der Waals surface area contributed by atoms with Gasteiger partial charge in [-0.1, -0.05) is 30.3 Å². The van der Waals surface area contributed by atoms with Gasteiger partial charge in [0.15, 0.2) is 0 Å². The van der Waals surface area contributed by atoms with E-state index in [-0.39, 0.29) is 0 Å². The molecule has 1 unspecified atom stereocenters. The summed E-state index contributed by atoms with van der Waals surface area (Å²) in [5, 5.41) is 2.16. The van der Waals surface area contributed by atoms with E-state index in [1.165, 1.54) is 5.56 Å². The number of hydrogen-bond donors (Lipinski definition) is 1. The van der Waals surface area contributed by atoms with Gasteiger partial charge in [-0.25, -0.2) is 10.4 Å². The number of nitrogens with one attached hydrogen (secondary N) is 1. The topological polar surface area (TPSA) is 25.0 Å². The maximum atomic E-state index is 3.12. The Morgan fingerprint density at radius 1 is 1.30 bits per heavy atom. The minimum atomic E-state index is 1.03. The van der Waals surface area contributed by atoms with Gasteiger partial charge in [0.05, 0.1) is 6.67 Å². The summed E-state index contributed by atoms with van der Waals surface area (Å²) in [5.41, 5.74) is 4.48. The molecule has 0 aromatic heterocycles. The molecule has 0 saturated carbocycles. The molecular weight excluding hydrogens is 124 g/mol. The fourth-order valence-corrected chi connectivity index (χ4v) is 0.966. The summed E-state index contributed by atoms with van der Waals surface area (Å²) >= 11 is 0. The van der Waals surface area contributed by atoms with Gasteiger partial charge < -0.3 is 0 Å². The summed E-state index contributed by atoms with van der Waals surface area (Å²) < 4.78 is 0. The third-order valence-corrected chi connectivity index (χ3v) is 1.60. The number of rotatable bonds is 2. The summed E-state index contributed by atoms with van der Waals surface area (Å²) in [6.07, 6.45) is 0. The van der Waals surface area contributed by atoms with E-state index in [2.05, 4.69) is 34.7 Å². The minimum Gasteiger partial charge on any atom is -0.238 e. The van der Waals surface area contributed by atoms with Gasteiger partial charge in [-0.05, 0) is 5.56 Å². The van der Waals surface area contributed by atoms with E-state index in [4.69, 9.17) is 0 Å². The lowest BCUT2D eigenvalue weighted by molar-refractivity contribution is 0.508. The predicted octanol–water partition coefficient (Wildman–Crippen LogP) is 0.964. The second-order valence-electron chi connectivity index (χ2n) is 2.50. The van der Waals surface area contributed by atoms with E-state index < -0.39 is 0 Å². The number of benzene rings is 1. The number of nitrogens with zero attached hydrogens (tertiary/aromatic N) is 1. The Morgan fingerprint density at radius 2 is 2.00 bits per heavy atom. The molecule has 0 radical (unpaired) electrons. The van der Waals surface area contributed by atoms with Gasteiger partial charge in [0.25, 0.3) is 0 Å². The molecule has 0 amide bonds. The average molecular weight is 134 g/mol. The second kappa shape index (κ2) is 2.40. The van der Waals surface area contributed by atoms with Crippen molar-refractivity contribution in [3.8, 4) is 0 Å².